The van der Waals surface area contributed by atoms with E-state index >= 15 is 9.59 Å². The predicted octanol–water partition coefficient (Wildman–Crippen LogP) is 2.30. The maximum atomic E-state index is 15.1. The van der Waals surface area contributed by atoms with Gasteiger partial charge in [0.2, 0.25) is 70.9 Å². The number of aliphatic hydroxyl groups is 1. The van der Waals surface area contributed by atoms with Gasteiger partial charge in [-0.05, 0) is 112 Å². The van der Waals surface area contributed by atoms with Crippen LogP contribution in [0.25, 0.3) is 0 Å². The van der Waals surface area contributed by atoms with E-state index in [4.69, 9.17) is 0 Å². The molecule has 0 bridgehead atoms. The van der Waals surface area contributed by atoms with Crippen LogP contribution < -0.4 is 26.6 Å². The van der Waals surface area contributed by atoms with E-state index in [0.717, 1.165) is 30.4 Å². The lowest BCUT2D eigenvalue weighted by molar-refractivity contribution is -0.157. The second-order valence-corrected chi connectivity index (χ2v) is 27.2. The molecule has 2 heterocycles. The van der Waals surface area contributed by atoms with Crippen LogP contribution >= 0.6 is 21.6 Å². The average molecular weight is 1320 g/mol. The minimum atomic E-state index is -1.62. The van der Waals surface area contributed by atoms with Gasteiger partial charge in [-0.15, -0.1) is 0 Å². The summed E-state index contributed by atoms with van der Waals surface area (Å²) in [7, 11) is 12.7. The maximum Gasteiger partial charge on any atom is 0.246 e. The number of amides is 12. The number of allylic oxidation sites excluding steroid dienone is 2. The van der Waals surface area contributed by atoms with Crippen molar-refractivity contribution in [2.75, 3.05) is 87.8 Å². The van der Waals surface area contributed by atoms with Crippen LogP contribution in [0.5, 0.6) is 0 Å². The average Bonchev–Trinajstić information content (AvgIpc) is 1.90. The van der Waals surface area contributed by atoms with Gasteiger partial charge in [-0.25, -0.2) is 4.98 Å². The molecule has 512 valence electrons. The molecule has 12 amide bonds. The highest BCUT2D eigenvalue weighted by Crippen LogP contribution is 2.30. The number of aromatic nitrogens is 1. The van der Waals surface area contributed by atoms with Crippen LogP contribution in [0.2, 0.25) is 0 Å². The molecule has 0 saturated carbocycles. The van der Waals surface area contributed by atoms with Crippen molar-refractivity contribution in [2.45, 2.75) is 180 Å². The molecular weight excluding hydrogens is 1210 g/mol. The fraction of sp³-hybridized carbons (Fsp3) is 0.698. The fourth-order valence-electron chi connectivity index (χ4n) is 10.4. The van der Waals surface area contributed by atoms with Gasteiger partial charge in [0.15, 0.2) is 0 Å². The molecule has 1 aromatic rings. The van der Waals surface area contributed by atoms with Gasteiger partial charge in [-0.2, -0.15) is 0 Å². The van der Waals surface area contributed by atoms with Crippen LogP contribution in [-0.2, 0) is 57.5 Å². The van der Waals surface area contributed by atoms with Gasteiger partial charge < -0.3 is 66.0 Å². The molecule has 2 rings (SSSR count). The summed E-state index contributed by atoms with van der Waals surface area (Å²) in [5.41, 5.74) is 0. The zero-order chi connectivity index (χ0) is 69.0. The maximum absolute atomic E-state index is 15.1. The lowest BCUT2D eigenvalue weighted by Gasteiger charge is -2.41. The number of hydrogen-bond donors (Lipinski definition) is 6. The number of nitrogens with zero attached hydrogens (tertiary/aromatic N) is 8. The minimum Gasteiger partial charge on any atom is -0.390 e. The molecule has 2 unspecified atom stereocenters. The molecule has 1 aliphatic rings. The second-order valence-electron chi connectivity index (χ2n) is 24.8. The van der Waals surface area contributed by atoms with Gasteiger partial charge in [-0.1, -0.05) is 84.4 Å². The standard InChI is InChI=1S/C63H105N13O13S2/c1-18-20-26-42(9)56(82)55-57(83)69-44(19-2)59(85)72(13)38-53(81)70(11)37-51(80)68-45(27-21-23-30-64-48(77)28-25-32-90-91-52-29-22-24-31-65-52)60(86)71(12)36-50(79)66-35-49(78)67-43(10)58(84)73(14)46(33-39(3)4)61(87)74(15)47(34-40(5)6)62(88)75(16)54(41(7)8)63(89)76(55)17/h18,20,22,24,29,31,39-47,54-56,82H,19,21,23,25-28,30,32-38H2,1-17H3,(H,64,77)(H,66,79)(H,67,78)(H,68,80)(H,69,83)/b20-18+/t42-,43?,44+,45+,46?,47+,54+,55+,56-/m1/s1. The van der Waals surface area contributed by atoms with E-state index in [0.29, 0.717) is 32.1 Å². The number of rotatable bonds is 21. The number of aliphatic hydroxyl groups excluding tert-OH is 1. The number of carbonyl (C=O) groups is 12. The Kier molecular flexibility index (Phi) is 35.5. The Morgan fingerprint density at radius 1 is 0.670 bits per heavy atom. The number of pyridine rings is 1. The van der Waals surface area contributed by atoms with Crippen LogP contribution in [0, 0.1) is 23.7 Å². The predicted molar refractivity (Wildman–Crippen MR) is 351 cm³/mol. The summed E-state index contributed by atoms with van der Waals surface area (Å²) in [5, 5.41) is 26.2. The molecule has 91 heavy (non-hydrogen) atoms. The molecule has 1 fully saturated rings. The van der Waals surface area contributed by atoms with Crippen LogP contribution in [0.1, 0.15) is 127 Å². The summed E-state index contributed by atoms with van der Waals surface area (Å²) in [6, 6.07) is -3.29. The second kappa shape index (κ2) is 40.2. The zero-order valence-electron chi connectivity index (χ0n) is 56.7. The quantitative estimate of drug-likeness (QED) is 0.0584. The molecule has 6 N–H and O–H groups in total. The number of hydrogen-bond acceptors (Lipinski definition) is 16. The highest BCUT2D eigenvalue weighted by molar-refractivity contribution is 8.76. The lowest BCUT2D eigenvalue weighted by atomic mass is 9.91. The molecular formula is C63H105N13O13S2. The number of likely N-dealkylation sites (N-methyl/N-ethyl adjacent to an activating group) is 7. The molecule has 1 aliphatic heterocycles. The normalized spacial score (nSPS) is 23.1. The van der Waals surface area contributed by atoms with Crippen molar-refractivity contribution in [3.05, 3.63) is 36.5 Å². The smallest absolute Gasteiger partial charge is 0.246 e. The zero-order valence-corrected chi connectivity index (χ0v) is 58.4. The monoisotopic (exact) mass is 1320 g/mol. The minimum absolute atomic E-state index is 0.00552. The molecule has 9 atom stereocenters. The fourth-order valence-corrected chi connectivity index (χ4v) is 12.3. The topological polar surface area (TPSA) is 321 Å². The van der Waals surface area contributed by atoms with Crippen molar-refractivity contribution in [1.29, 1.82) is 0 Å². The van der Waals surface area contributed by atoms with Crippen LogP contribution in [-0.4, -0.2) is 251 Å². The van der Waals surface area contributed by atoms with Crippen molar-refractivity contribution in [1.82, 2.24) is 65.9 Å². The van der Waals surface area contributed by atoms with Gasteiger partial charge in [0, 0.05) is 74.2 Å². The molecule has 0 spiro atoms. The number of nitrogens with one attached hydrogen (secondary N) is 5. The molecule has 1 aromatic heterocycles. The van der Waals surface area contributed by atoms with Crippen molar-refractivity contribution in [3.8, 4) is 0 Å². The molecule has 28 heteroatoms. The van der Waals surface area contributed by atoms with Gasteiger partial charge in [0.05, 0.1) is 32.3 Å². The Bertz CT molecular complexity index is 2630. The summed E-state index contributed by atoms with van der Waals surface area (Å²) in [5.74, 6) is -8.85. The summed E-state index contributed by atoms with van der Waals surface area (Å²) in [4.78, 5) is 181. The Morgan fingerprint density at radius 2 is 1.24 bits per heavy atom. The van der Waals surface area contributed by atoms with E-state index in [2.05, 4.69) is 31.6 Å². The largest absolute Gasteiger partial charge is 0.390 e. The van der Waals surface area contributed by atoms with Crippen LogP contribution in [0.4, 0.5) is 0 Å². The first-order chi connectivity index (χ1) is 42.7. The molecule has 0 radical (unpaired) electrons. The first-order valence-corrected chi connectivity index (χ1v) is 33.7. The van der Waals surface area contributed by atoms with Crippen molar-refractivity contribution in [3.63, 3.8) is 0 Å². The molecule has 0 aromatic carbocycles. The van der Waals surface area contributed by atoms with E-state index in [9.17, 15) is 53.1 Å². The lowest BCUT2D eigenvalue weighted by Crippen LogP contribution is -2.63. The van der Waals surface area contributed by atoms with Crippen molar-refractivity contribution in [2.24, 2.45) is 23.7 Å². The highest BCUT2D eigenvalue weighted by Gasteiger charge is 2.45. The van der Waals surface area contributed by atoms with E-state index in [1.54, 1.807) is 63.8 Å². The summed E-state index contributed by atoms with van der Waals surface area (Å²) in [6.45, 7) is 15.4. The Hall–Kier alpha value is -6.81. The SMILES string of the molecule is C/C=C/C[C@@H](C)[C@@H](O)[C@H]1C(=O)N[C@@H](CC)C(=O)N(C)CC(=O)N(C)CC(=O)N[C@@H](CCCCNC(=O)CCCSSc2ccccn2)C(=O)N(C)CC(=O)NCC(=O)NC(C)C(=O)N(C)C(CC(C)C)C(=O)N(C)[C@@H](CC(C)C)C(=O)N(C)[C@@H](C(C)C)C(=O)N1C. The molecule has 1 saturated heterocycles. The van der Waals surface area contributed by atoms with Crippen molar-refractivity contribution < 1.29 is 62.6 Å². The summed E-state index contributed by atoms with van der Waals surface area (Å²) >= 11 is 0. The van der Waals surface area contributed by atoms with Gasteiger partial charge >= 0.3 is 0 Å². The third kappa shape index (κ3) is 26.4. The van der Waals surface area contributed by atoms with E-state index < -0.39 is 151 Å². The molecule has 0 aliphatic carbocycles. The Balaban J connectivity index is 2.63. The van der Waals surface area contributed by atoms with Crippen LogP contribution in [0.3, 0.4) is 0 Å². The van der Waals surface area contributed by atoms with Crippen LogP contribution in [0.15, 0.2) is 41.6 Å². The van der Waals surface area contributed by atoms with Gasteiger partial charge in [0.25, 0.3) is 0 Å². The van der Waals surface area contributed by atoms with E-state index in [1.165, 1.54) is 81.8 Å². The summed E-state index contributed by atoms with van der Waals surface area (Å²) < 4.78 is 0. The van der Waals surface area contributed by atoms with E-state index in [-0.39, 0.29) is 50.0 Å². The van der Waals surface area contributed by atoms with E-state index in [1.807, 2.05) is 45.9 Å². The van der Waals surface area contributed by atoms with Crippen molar-refractivity contribution >= 4 is 92.5 Å². The third-order valence-corrected chi connectivity index (χ3v) is 18.1. The molecule has 26 nitrogen and oxygen atoms in total. The van der Waals surface area contributed by atoms with Gasteiger partial charge in [-0.3, -0.25) is 57.5 Å². The number of unbranched alkanes of at least 4 members (excludes halogenated alkanes) is 1. The Labute approximate surface area is 547 Å². The first-order valence-electron chi connectivity index (χ1n) is 31.4. The van der Waals surface area contributed by atoms with Gasteiger partial charge in [0.1, 0.15) is 47.3 Å². The summed E-state index contributed by atoms with van der Waals surface area (Å²) in [6.07, 6.45) is 6.08. The highest BCUT2D eigenvalue weighted by atomic mass is 33.1. The first kappa shape index (κ1) is 80.3. The third-order valence-electron chi connectivity index (χ3n) is 15.7. The Morgan fingerprint density at radius 3 is 1.81 bits per heavy atom. The number of carbonyl (C=O) groups excluding carboxylic acids is 12.